The molecule has 2 amide bonds. The molecule has 25 heavy (non-hydrogen) atoms. The number of nitrogens with one attached hydrogen (secondary N) is 1. The lowest BCUT2D eigenvalue weighted by Crippen LogP contribution is -2.47. The zero-order valence-corrected chi connectivity index (χ0v) is 14.4. The maximum Gasteiger partial charge on any atom is 0.326 e. The van der Waals surface area contributed by atoms with Crippen LogP contribution in [0.1, 0.15) is 37.2 Å². The van der Waals surface area contributed by atoms with Gasteiger partial charge >= 0.3 is 5.97 Å². The molecule has 1 aliphatic rings. The Morgan fingerprint density at radius 3 is 2.64 bits per heavy atom. The molecule has 0 aromatic carbocycles. The Labute approximate surface area is 146 Å². The van der Waals surface area contributed by atoms with Crippen LogP contribution in [0.3, 0.4) is 0 Å². The van der Waals surface area contributed by atoms with Gasteiger partial charge in [-0.05, 0) is 25.8 Å². The number of amides is 2. The van der Waals surface area contributed by atoms with Gasteiger partial charge in [0.25, 0.3) is 5.91 Å². The van der Waals surface area contributed by atoms with E-state index in [1.165, 1.54) is 31.0 Å². The van der Waals surface area contributed by atoms with Crippen LogP contribution >= 0.6 is 0 Å². The predicted octanol–water partition coefficient (Wildman–Crippen LogP) is 0.128. The molecule has 1 aliphatic heterocycles. The molecule has 1 unspecified atom stereocenters. The molecular weight excluding hydrogens is 326 g/mol. The van der Waals surface area contributed by atoms with Crippen LogP contribution in [-0.4, -0.2) is 70.0 Å². The van der Waals surface area contributed by atoms with Crippen molar-refractivity contribution in [2.75, 3.05) is 31.1 Å². The van der Waals surface area contributed by atoms with Crippen molar-refractivity contribution in [1.29, 1.82) is 0 Å². The van der Waals surface area contributed by atoms with Crippen molar-refractivity contribution >= 4 is 23.7 Å². The van der Waals surface area contributed by atoms with E-state index in [1.807, 2.05) is 4.90 Å². The van der Waals surface area contributed by atoms with Crippen LogP contribution in [0.2, 0.25) is 0 Å². The van der Waals surface area contributed by atoms with E-state index in [2.05, 4.69) is 15.3 Å². The van der Waals surface area contributed by atoms with Crippen LogP contribution < -0.4 is 10.2 Å². The van der Waals surface area contributed by atoms with Crippen LogP contribution in [0.5, 0.6) is 0 Å². The van der Waals surface area contributed by atoms with Gasteiger partial charge in [-0.25, -0.2) is 14.8 Å². The number of aromatic nitrogens is 2. The molecule has 2 N–H and O–H groups in total. The van der Waals surface area contributed by atoms with Gasteiger partial charge in [-0.1, -0.05) is 0 Å². The van der Waals surface area contributed by atoms with Gasteiger partial charge in [-0.2, -0.15) is 0 Å². The topological polar surface area (TPSA) is 116 Å². The molecule has 1 atom stereocenters. The van der Waals surface area contributed by atoms with Crippen LogP contribution in [0.25, 0.3) is 0 Å². The molecule has 1 aromatic heterocycles. The summed E-state index contributed by atoms with van der Waals surface area (Å²) in [5.74, 6) is -1.38. The summed E-state index contributed by atoms with van der Waals surface area (Å²) in [6.45, 7) is 4.72. The lowest BCUT2D eigenvalue weighted by molar-refractivity contribution is -0.141. The van der Waals surface area contributed by atoms with Gasteiger partial charge < -0.3 is 20.2 Å². The third-order valence-electron chi connectivity index (χ3n) is 4.06. The molecule has 1 fully saturated rings. The number of carboxylic acids is 1. The number of carboxylic acid groups (broad SMARTS) is 1. The van der Waals surface area contributed by atoms with Crippen LogP contribution in [0, 0.1) is 0 Å². The minimum absolute atomic E-state index is 0.0783. The van der Waals surface area contributed by atoms with E-state index in [0.29, 0.717) is 5.95 Å². The summed E-state index contributed by atoms with van der Waals surface area (Å²) in [4.78, 5) is 46.8. The lowest BCUT2D eigenvalue weighted by atomic mass is 10.2. The first-order chi connectivity index (χ1) is 11.9. The molecule has 0 radical (unpaired) electrons. The number of carbonyl (C=O) groups is 3. The summed E-state index contributed by atoms with van der Waals surface area (Å²) in [6, 6.07) is 0.438. The Morgan fingerprint density at radius 1 is 1.36 bits per heavy atom. The van der Waals surface area contributed by atoms with Gasteiger partial charge in [-0.15, -0.1) is 0 Å². The number of aliphatic carboxylic acids is 1. The molecule has 0 aliphatic carbocycles. The van der Waals surface area contributed by atoms with E-state index in [-0.39, 0.29) is 24.7 Å². The van der Waals surface area contributed by atoms with E-state index in [0.717, 1.165) is 25.9 Å². The number of hydrogen-bond donors (Lipinski definition) is 2. The normalized spacial score (nSPS) is 14.9. The monoisotopic (exact) mass is 349 g/mol. The SMILES string of the molecule is CC(=O)NCCN(C(=O)c1ccnc(N2CCCC2)n1)C(C)C(=O)O. The summed E-state index contributed by atoms with van der Waals surface area (Å²) in [7, 11) is 0. The second kappa shape index (κ2) is 8.41. The van der Waals surface area contributed by atoms with E-state index >= 15 is 0 Å². The zero-order valence-electron chi connectivity index (χ0n) is 14.4. The summed E-state index contributed by atoms with van der Waals surface area (Å²) in [6.07, 6.45) is 3.62. The molecular formula is C16H23N5O4. The first kappa shape index (κ1) is 18.6. The Hall–Kier alpha value is -2.71. The molecule has 1 saturated heterocycles. The number of rotatable bonds is 7. The van der Waals surface area contributed by atoms with E-state index in [9.17, 15) is 19.5 Å². The molecule has 0 saturated carbocycles. The first-order valence-electron chi connectivity index (χ1n) is 8.26. The molecule has 9 nitrogen and oxygen atoms in total. The lowest BCUT2D eigenvalue weighted by Gasteiger charge is -2.26. The molecule has 9 heteroatoms. The minimum Gasteiger partial charge on any atom is -0.480 e. The average Bonchev–Trinajstić information content (AvgIpc) is 3.12. The maximum atomic E-state index is 12.8. The Kier molecular flexibility index (Phi) is 6.26. The van der Waals surface area contributed by atoms with Crippen molar-refractivity contribution in [3.8, 4) is 0 Å². The van der Waals surface area contributed by atoms with Gasteiger partial charge in [0.05, 0.1) is 0 Å². The second-order valence-electron chi connectivity index (χ2n) is 5.93. The van der Waals surface area contributed by atoms with Gasteiger partial charge in [-0.3, -0.25) is 9.59 Å². The summed E-state index contributed by atoms with van der Waals surface area (Å²) in [5.41, 5.74) is 0.146. The van der Waals surface area contributed by atoms with Crippen LogP contribution in [0.4, 0.5) is 5.95 Å². The van der Waals surface area contributed by atoms with E-state index < -0.39 is 17.9 Å². The fourth-order valence-electron chi connectivity index (χ4n) is 2.64. The largest absolute Gasteiger partial charge is 0.480 e. The Morgan fingerprint density at radius 2 is 2.04 bits per heavy atom. The fraction of sp³-hybridized carbons (Fsp3) is 0.562. The Balaban J connectivity index is 2.17. The van der Waals surface area contributed by atoms with Crippen molar-refractivity contribution < 1.29 is 19.5 Å². The highest BCUT2D eigenvalue weighted by Gasteiger charge is 2.28. The van der Waals surface area contributed by atoms with Crippen molar-refractivity contribution in [1.82, 2.24) is 20.2 Å². The van der Waals surface area contributed by atoms with Crippen molar-refractivity contribution in [3.63, 3.8) is 0 Å². The first-order valence-corrected chi connectivity index (χ1v) is 8.26. The van der Waals surface area contributed by atoms with Gasteiger partial charge in [0, 0.05) is 39.3 Å². The molecule has 2 rings (SSSR count). The van der Waals surface area contributed by atoms with Crippen LogP contribution in [-0.2, 0) is 9.59 Å². The fourth-order valence-corrected chi connectivity index (χ4v) is 2.64. The number of hydrogen-bond acceptors (Lipinski definition) is 6. The highest BCUT2D eigenvalue weighted by molar-refractivity contribution is 5.95. The summed E-state index contributed by atoms with van der Waals surface area (Å²) in [5, 5.41) is 11.8. The van der Waals surface area contributed by atoms with Crippen molar-refractivity contribution in [2.45, 2.75) is 32.7 Å². The predicted molar refractivity (Wildman–Crippen MR) is 90.3 cm³/mol. The molecule has 0 spiro atoms. The molecule has 2 heterocycles. The number of carbonyl (C=O) groups excluding carboxylic acids is 2. The van der Waals surface area contributed by atoms with Crippen molar-refractivity contribution in [2.24, 2.45) is 0 Å². The Bertz CT molecular complexity index is 645. The summed E-state index contributed by atoms with van der Waals surface area (Å²) >= 11 is 0. The third-order valence-corrected chi connectivity index (χ3v) is 4.06. The van der Waals surface area contributed by atoms with Gasteiger partial charge in [0.1, 0.15) is 11.7 Å². The molecule has 136 valence electrons. The molecule has 1 aromatic rings. The highest BCUT2D eigenvalue weighted by atomic mass is 16.4. The maximum absolute atomic E-state index is 12.8. The average molecular weight is 349 g/mol. The van der Waals surface area contributed by atoms with E-state index in [1.54, 1.807) is 0 Å². The minimum atomic E-state index is -1.12. The van der Waals surface area contributed by atoms with Gasteiger partial charge in [0.15, 0.2) is 0 Å². The van der Waals surface area contributed by atoms with E-state index in [4.69, 9.17) is 0 Å². The standard InChI is InChI=1S/C16H23N5O4/c1-11(15(24)25)21(10-7-17-12(2)22)14(23)13-5-6-18-16(19-13)20-8-3-4-9-20/h5-6,11H,3-4,7-10H2,1-2H3,(H,17,22)(H,24,25). The smallest absolute Gasteiger partial charge is 0.326 e. The quantitative estimate of drug-likeness (QED) is 0.718. The number of anilines is 1. The second-order valence-corrected chi connectivity index (χ2v) is 5.93. The summed E-state index contributed by atoms with van der Waals surface area (Å²) < 4.78 is 0. The third kappa shape index (κ3) is 4.88. The molecule has 0 bridgehead atoms. The van der Waals surface area contributed by atoms with Gasteiger partial charge in [0.2, 0.25) is 11.9 Å². The van der Waals surface area contributed by atoms with Crippen LogP contribution in [0.15, 0.2) is 12.3 Å². The zero-order chi connectivity index (χ0) is 18.4. The number of nitrogens with zero attached hydrogens (tertiary/aromatic N) is 4. The highest BCUT2D eigenvalue weighted by Crippen LogP contribution is 2.16. The van der Waals surface area contributed by atoms with Crippen molar-refractivity contribution in [3.05, 3.63) is 18.0 Å².